The van der Waals surface area contributed by atoms with Crippen molar-refractivity contribution in [3.8, 4) is 33.6 Å². The van der Waals surface area contributed by atoms with Crippen molar-refractivity contribution < 1.29 is 4.42 Å². The first kappa shape index (κ1) is 23.8. The minimum atomic E-state index is 0.860. The Hall–Kier alpha value is -5.34. The normalized spacial score (nSPS) is 11.0. The summed E-state index contributed by atoms with van der Waals surface area (Å²) in [5, 5.41) is 1.10. The van der Waals surface area contributed by atoms with Crippen LogP contribution in [0, 0.1) is 0 Å². The van der Waals surface area contributed by atoms with Gasteiger partial charge in [0.2, 0.25) is 0 Å². The van der Waals surface area contributed by atoms with Gasteiger partial charge in [-0.25, -0.2) is 0 Å². The van der Waals surface area contributed by atoms with Crippen LogP contribution in [0.3, 0.4) is 0 Å². The first-order valence-corrected chi connectivity index (χ1v) is 13.5. The number of para-hydroxylation sites is 2. The molecule has 0 bridgehead atoms. The Morgan fingerprint density at radius 1 is 0.400 bits per heavy atom. The summed E-state index contributed by atoms with van der Waals surface area (Å²) in [7, 11) is 0. The monoisotopic (exact) mass is 513 g/mol. The summed E-state index contributed by atoms with van der Waals surface area (Å²) in [5.41, 5.74) is 9.94. The molecule has 0 unspecified atom stereocenters. The highest BCUT2D eigenvalue weighted by Crippen LogP contribution is 2.42. The second-order valence-corrected chi connectivity index (χ2v) is 9.83. The molecule has 0 aliphatic carbocycles. The van der Waals surface area contributed by atoms with Gasteiger partial charge in [0.05, 0.1) is 5.69 Å². The average Bonchev–Trinajstić information content (AvgIpc) is 3.48. The third-order valence-electron chi connectivity index (χ3n) is 7.28. The fourth-order valence-corrected chi connectivity index (χ4v) is 5.31. The molecule has 0 saturated heterocycles. The molecule has 0 atom stereocenters. The number of anilines is 3. The maximum Gasteiger partial charge on any atom is 0.135 e. The molecular weight excluding hydrogens is 486 g/mol. The van der Waals surface area contributed by atoms with E-state index in [1.165, 1.54) is 22.3 Å². The van der Waals surface area contributed by atoms with Crippen molar-refractivity contribution in [2.75, 3.05) is 4.90 Å². The van der Waals surface area contributed by atoms with Crippen molar-refractivity contribution in [1.82, 2.24) is 0 Å². The SMILES string of the molecule is c1ccc(-c2ccc(N(c3cccc(-c4cc5ccccc5o4)c3)c3ccccc3-c3ccccc3)cc2)cc1. The van der Waals surface area contributed by atoms with E-state index >= 15 is 0 Å². The topological polar surface area (TPSA) is 16.4 Å². The van der Waals surface area contributed by atoms with Gasteiger partial charge in [0.15, 0.2) is 0 Å². The van der Waals surface area contributed by atoms with Crippen LogP contribution in [0.4, 0.5) is 17.1 Å². The molecule has 2 heteroatoms. The molecule has 6 aromatic carbocycles. The van der Waals surface area contributed by atoms with Crippen molar-refractivity contribution >= 4 is 28.0 Å². The van der Waals surface area contributed by atoms with Crippen LogP contribution in [0.25, 0.3) is 44.5 Å². The van der Waals surface area contributed by atoms with Crippen molar-refractivity contribution in [2.45, 2.75) is 0 Å². The second kappa shape index (κ2) is 10.4. The van der Waals surface area contributed by atoms with Gasteiger partial charge in [0, 0.05) is 27.9 Å². The first-order valence-electron chi connectivity index (χ1n) is 13.5. The van der Waals surface area contributed by atoms with Crippen LogP contribution in [-0.4, -0.2) is 0 Å². The number of rotatable bonds is 6. The molecule has 0 aliphatic rings. The molecule has 0 fully saturated rings. The van der Waals surface area contributed by atoms with E-state index in [1.807, 2.05) is 18.2 Å². The second-order valence-electron chi connectivity index (χ2n) is 9.83. The van der Waals surface area contributed by atoms with Crippen LogP contribution in [0.2, 0.25) is 0 Å². The summed E-state index contributed by atoms with van der Waals surface area (Å²) in [5.74, 6) is 0.860. The quantitative estimate of drug-likeness (QED) is 0.220. The Kier molecular flexibility index (Phi) is 6.20. The molecular formula is C38H27NO. The van der Waals surface area contributed by atoms with Gasteiger partial charge in [0.25, 0.3) is 0 Å². The molecule has 0 saturated carbocycles. The van der Waals surface area contributed by atoms with Crippen molar-refractivity contribution in [1.29, 1.82) is 0 Å². The summed E-state index contributed by atoms with van der Waals surface area (Å²) in [6, 6.07) is 57.4. The van der Waals surface area contributed by atoms with Gasteiger partial charge >= 0.3 is 0 Å². The molecule has 7 rings (SSSR count). The number of nitrogens with zero attached hydrogens (tertiary/aromatic N) is 1. The van der Waals surface area contributed by atoms with E-state index in [9.17, 15) is 0 Å². The third kappa shape index (κ3) is 4.57. The molecule has 0 spiro atoms. The van der Waals surface area contributed by atoms with E-state index in [0.29, 0.717) is 0 Å². The van der Waals surface area contributed by atoms with Gasteiger partial charge in [-0.2, -0.15) is 0 Å². The molecule has 0 N–H and O–H groups in total. The first-order chi connectivity index (χ1) is 19.8. The number of benzene rings is 6. The van der Waals surface area contributed by atoms with Crippen molar-refractivity contribution in [3.63, 3.8) is 0 Å². The van der Waals surface area contributed by atoms with Crippen molar-refractivity contribution in [2.24, 2.45) is 0 Å². The Morgan fingerprint density at radius 2 is 1.02 bits per heavy atom. The van der Waals surface area contributed by atoms with E-state index in [-0.39, 0.29) is 0 Å². The average molecular weight is 514 g/mol. The number of fused-ring (bicyclic) bond motifs is 1. The molecule has 0 amide bonds. The van der Waals surface area contributed by atoms with Gasteiger partial charge in [-0.3, -0.25) is 0 Å². The molecule has 0 aliphatic heterocycles. The molecule has 1 heterocycles. The number of hydrogen-bond acceptors (Lipinski definition) is 2. The van der Waals surface area contributed by atoms with Crippen LogP contribution < -0.4 is 4.90 Å². The van der Waals surface area contributed by atoms with Crippen LogP contribution in [0.15, 0.2) is 168 Å². The Morgan fingerprint density at radius 3 is 1.80 bits per heavy atom. The zero-order valence-electron chi connectivity index (χ0n) is 21.9. The molecule has 1 aromatic heterocycles. The summed E-state index contributed by atoms with van der Waals surface area (Å²) >= 11 is 0. The highest BCUT2D eigenvalue weighted by molar-refractivity contribution is 5.90. The molecule has 0 radical (unpaired) electrons. The highest BCUT2D eigenvalue weighted by Gasteiger charge is 2.18. The summed E-state index contributed by atoms with van der Waals surface area (Å²) in [4.78, 5) is 2.34. The maximum atomic E-state index is 6.24. The van der Waals surface area contributed by atoms with Gasteiger partial charge in [-0.05, 0) is 59.2 Å². The van der Waals surface area contributed by atoms with E-state index < -0.39 is 0 Å². The van der Waals surface area contributed by atoms with E-state index in [1.54, 1.807) is 0 Å². The summed E-state index contributed by atoms with van der Waals surface area (Å²) in [6.45, 7) is 0. The fourth-order valence-electron chi connectivity index (χ4n) is 5.31. The molecule has 7 aromatic rings. The summed E-state index contributed by atoms with van der Waals surface area (Å²) in [6.07, 6.45) is 0. The largest absolute Gasteiger partial charge is 0.456 e. The minimum absolute atomic E-state index is 0.860. The fraction of sp³-hybridized carbons (Fsp3) is 0. The predicted octanol–water partition coefficient (Wildman–Crippen LogP) is 10.9. The summed E-state index contributed by atoms with van der Waals surface area (Å²) < 4.78 is 6.24. The van der Waals surface area contributed by atoms with E-state index in [0.717, 1.165) is 39.4 Å². The Bertz CT molecular complexity index is 1850. The smallest absolute Gasteiger partial charge is 0.135 e. The van der Waals surface area contributed by atoms with Gasteiger partial charge < -0.3 is 9.32 Å². The van der Waals surface area contributed by atoms with E-state index in [2.05, 4.69) is 150 Å². The van der Waals surface area contributed by atoms with Gasteiger partial charge in [0.1, 0.15) is 11.3 Å². The van der Waals surface area contributed by atoms with Crippen molar-refractivity contribution in [3.05, 3.63) is 164 Å². The standard InChI is InChI=1S/C38H27NO/c1-3-12-28(13-4-1)29-22-24-33(25-23-29)39(36-20-9-8-19-35(36)30-14-5-2-6-15-30)34-18-11-17-31(26-34)38-27-32-16-7-10-21-37(32)40-38/h1-27H. The number of hydrogen-bond donors (Lipinski definition) is 0. The van der Waals surface area contributed by atoms with Gasteiger partial charge in [-0.15, -0.1) is 0 Å². The van der Waals surface area contributed by atoms with Gasteiger partial charge in [-0.1, -0.05) is 121 Å². The van der Waals surface area contributed by atoms with Crippen LogP contribution in [0.5, 0.6) is 0 Å². The Labute approximate surface area is 234 Å². The zero-order valence-corrected chi connectivity index (χ0v) is 21.9. The lowest BCUT2D eigenvalue weighted by Gasteiger charge is -2.28. The molecule has 2 nitrogen and oxygen atoms in total. The minimum Gasteiger partial charge on any atom is -0.456 e. The maximum absolute atomic E-state index is 6.24. The Balaban J connectivity index is 1.38. The highest BCUT2D eigenvalue weighted by atomic mass is 16.3. The third-order valence-corrected chi connectivity index (χ3v) is 7.28. The molecule has 40 heavy (non-hydrogen) atoms. The van der Waals surface area contributed by atoms with E-state index in [4.69, 9.17) is 4.42 Å². The van der Waals surface area contributed by atoms with Crippen LogP contribution in [-0.2, 0) is 0 Å². The molecule has 190 valence electrons. The lowest BCUT2D eigenvalue weighted by Crippen LogP contribution is -2.11. The lowest BCUT2D eigenvalue weighted by molar-refractivity contribution is 0.631. The zero-order chi connectivity index (χ0) is 26.7. The number of furan rings is 1. The van der Waals surface area contributed by atoms with Crippen LogP contribution in [0.1, 0.15) is 0 Å². The van der Waals surface area contributed by atoms with Crippen LogP contribution >= 0.6 is 0 Å². The predicted molar refractivity (Wildman–Crippen MR) is 167 cm³/mol. The lowest BCUT2D eigenvalue weighted by atomic mass is 10.0.